The van der Waals surface area contributed by atoms with Crippen molar-refractivity contribution in [2.45, 2.75) is 26.5 Å². The minimum absolute atomic E-state index is 0.0699. The number of nitrogens with two attached hydrogens (primary N) is 1. The van der Waals surface area contributed by atoms with Crippen LogP contribution < -0.4 is 20.7 Å². The second-order valence-corrected chi connectivity index (χ2v) is 7.23. The molecule has 0 aliphatic carbocycles. The number of hydrogen-bond donors (Lipinski definition) is 2. The Balaban J connectivity index is 2.24. The monoisotopic (exact) mass is 414 g/mol. The van der Waals surface area contributed by atoms with Crippen LogP contribution in [0.3, 0.4) is 0 Å². The minimum Gasteiger partial charge on any atom is -0.433 e. The number of carbonyl (C=O) groups is 2. The fraction of sp³-hybridized carbons (Fsp3) is 0.579. The van der Waals surface area contributed by atoms with Crippen molar-refractivity contribution in [3.05, 3.63) is 18.2 Å². The summed E-state index contributed by atoms with van der Waals surface area (Å²) in [5, 5.41) is 2.62. The standard InChI is InChI=1S/C19H28F2N4O4/c1-12(2)10-24(3)15(9-22)18(27)23-14-5-4-13(8-16(14)29-19(20)21)25-6-7-28-11-17(25)26/h4-5,8,12,15,19H,6-7,9-11,22H2,1-3H3,(H,23,27)/t15-/m0/s1. The molecular formula is C19H28F2N4O4. The van der Waals surface area contributed by atoms with Crippen LogP contribution in [-0.4, -0.2) is 69.3 Å². The molecule has 1 aliphatic rings. The molecule has 1 atom stereocenters. The van der Waals surface area contributed by atoms with Crippen LogP contribution >= 0.6 is 0 Å². The van der Waals surface area contributed by atoms with Crippen molar-refractivity contribution in [3.8, 4) is 5.75 Å². The van der Waals surface area contributed by atoms with E-state index < -0.39 is 18.6 Å². The number of hydrogen-bond acceptors (Lipinski definition) is 6. The van der Waals surface area contributed by atoms with Gasteiger partial charge in [0.15, 0.2) is 5.75 Å². The molecule has 0 unspecified atom stereocenters. The lowest BCUT2D eigenvalue weighted by Gasteiger charge is -2.29. The van der Waals surface area contributed by atoms with Gasteiger partial charge in [0.25, 0.3) is 5.91 Å². The molecule has 3 N–H and O–H groups in total. The summed E-state index contributed by atoms with van der Waals surface area (Å²) >= 11 is 0. The fourth-order valence-electron chi connectivity index (χ4n) is 3.17. The summed E-state index contributed by atoms with van der Waals surface area (Å²) < 4.78 is 35.5. The number of benzene rings is 1. The molecule has 2 rings (SSSR count). The van der Waals surface area contributed by atoms with Crippen molar-refractivity contribution < 1.29 is 27.8 Å². The molecular weight excluding hydrogens is 386 g/mol. The predicted octanol–water partition coefficient (Wildman–Crippen LogP) is 1.50. The van der Waals surface area contributed by atoms with E-state index in [0.717, 1.165) is 0 Å². The lowest BCUT2D eigenvalue weighted by molar-refractivity contribution is -0.125. The quantitative estimate of drug-likeness (QED) is 0.636. The third-order valence-electron chi connectivity index (χ3n) is 4.45. The van der Waals surface area contributed by atoms with Gasteiger partial charge < -0.3 is 25.4 Å². The van der Waals surface area contributed by atoms with Gasteiger partial charge in [0.1, 0.15) is 12.6 Å². The van der Waals surface area contributed by atoms with E-state index in [1.54, 1.807) is 13.1 Å². The van der Waals surface area contributed by atoms with E-state index in [4.69, 9.17) is 10.5 Å². The first-order valence-electron chi connectivity index (χ1n) is 9.41. The number of rotatable bonds is 9. The summed E-state index contributed by atoms with van der Waals surface area (Å²) in [5.74, 6) is -0.614. The molecule has 0 radical (unpaired) electrons. The molecule has 10 heteroatoms. The molecule has 1 aliphatic heterocycles. The number of amides is 2. The maximum atomic E-state index is 12.9. The average Bonchev–Trinajstić information content (AvgIpc) is 2.63. The summed E-state index contributed by atoms with van der Waals surface area (Å²) in [5.41, 5.74) is 6.22. The maximum Gasteiger partial charge on any atom is 0.387 e. The van der Waals surface area contributed by atoms with E-state index in [1.165, 1.54) is 17.0 Å². The summed E-state index contributed by atoms with van der Waals surface area (Å²) in [6.45, 7) is 2.22. The van der Waals surface area contributed by atoms with Crippen molar-refractivity contribution in [3.63, 3.8) is 0 Å². The third-order valence-corrected chi connectivity index (χ3v) is 4.45. The van der Waals surface area contributed by atoms with Crippen LogP contribution in [0.25, 0.3) is 0 Å². The van der Waals surface area contributed by atoms with Gasteiger partial charge in [-0.3, -0.25) is 14.5 Å². The number of likely N-dealkylation sites (N-methyl/N-ethyl adjacent to an activating group) is 1. The van der Waals surface area contributed by atoms with Crippen LogP contribution in [-0.2, 0) is 14.3 Å². The van der Waals surface area contributed by atoms with E-state index in [1.807, 2.05) is 18.7 Å². The van der Waals surface area contributed by atoms with Crippen molar-refractivity contribution >= 4 is 23.2 Å². The van der Waals surface area contributed by atoms with Crippen LogP contribution in [0, 0.1) is 5.92 Å². The Morgan fingerprint density at radius 1 is 1.41 bits per heavy atom. The van der Waals surface area contributed by atoms with Crippen LogP contribution in [0.1, 0.15) is 13.8 Å². The van der Waals surface area contributed by atoms with Gasteiger partial charge in [-0.2, -0.15) is 8.78 Å². The van der Waals surface area contributed by atoms with Crippen molar-refractivity contribution in [1.82, 2.24) is 4.90 Å². The number of carbonyl (C=O) groups excluding carboxylic acids is 2. The SMILES string of the molecule is CC(C)CN(C)[C@@H](CN)C(=O)Nc1ccc(N2CCOCC2=O)cc1OC(F)F. The highest BCUT2D eigenvalue weighted by molar-refractivity contribution is 5.98. The molecule has 0 bridgehead atoms. The van der Waals surface area contributed by atoms with Crippen LogP contribution in [0.5, 0.6) is 5.75 Å². The largest absolute Gasteiger partial charge is 0.433 e. The van der Waals surface area contributed by atoms with Gasteiger partial charge in [-0.25, -0.2) is 0 Å². The maximum absolute atomic E-state index is 12.9. The van der Waals surface area contributed by atoms with E-state index in [9.17, 15) is 18.4 Å². The Bertz CT molecular complexity index is 717. The van der Waals surface area contributed by atoms with Crippen molar-refractivity contribution in [1.29, 1.82) is 0 Å². The van der Waals surface area contributed by atoms with Gasteiger partial charge in [0.05, 0.1) is 12.3 Å². The molecule has 0 aromatic heterocycles. The predicted molar refractivity (Wildman–Crippen MR) is 105 cm³/mol. The molecule has 1 saturated heterocycles. The topological polar surface area (TPSA) is 97.1 Å². The highest BCUT2D eigenvalue weighted by Crippen LogP contribution is 2.32. The van der Waals surface area contributed by atoms with Gasteiger partial charge in [0.2, 0.25) is 5.91 Å². The highest BCUT2D eigenvalue weighted by Gasteiger charge is 2.25. The molecule has 8 nitrogen and oxygen atoms in total. The fourth-order valence-corrected chi connectivity index (χ4v) is 3.17. The van der Waals surface area contributed by atoms with Gasteiger partial charge >= 0.3 is 6.61 Å². The summed E-state index contributed by atoms with van der Waals surface area (Å²) in [7, 11) is 1.78. The van der Waals surface area contributed by atoms with Gasteiger partial charge in [-0.05, 0) is 25.1 Å². The number of ether oxygens (including phenoxy) is 2. The van der Waals surface area contributed by atoms with Crippen molar-refractivity contribution in [2.24, 2.45) is 11.7 Å². The molecule has 29 heavy (non-hydrogen) atoms. The Morgan fingerprint density at radius 2 is 2.14 bits per heavy atom. The molecule has 2 amide bonds. The molecule has 1 aromatic carbocycles. The molecule has 0 spiro atoms. The summed E-state index contributed by atoms with van der Waals surface area (Å²) in [4.78, 5) is 27.9. The normalized spacial score (nSPS) is 15.9. The zero-order chi connectivity index (χ0) is 21.6. The molecule has 162 valence electrons. The number of alkyl halides is 2. The molecule has 1 aromatic rings. The first-order chi connectivity index (χ1) is 13.7. The first-order valence-corrected chi connectivity index (χ1v) is 9.41. The lowest BCUT2D eigenvalue weighted by atomic mass is 10.1. The Morgan fingerprint density at radius 3 is 2.72 bits per heavy atom. The molecule has 0 saturated carbocycles. The van der Waals surface area contributed by atoms with E-state index in [0.29, 0.717) is 31.3 Å². The summed E-state index contributed by atoms with van der Waals surface area (Å²) in [6, 6.07) is 3.67. The molecule has 1 fully saturated rings. The van der Waals surface area contributed by atoms with Gasteiger partial charge in [-0.1, -0.05) is 13.8 Å². The summed E-state index contributed by atoms with van der Waals surface area (Å²) in [6.07, 6.45) is 0. The van der Waals surface area contributed by atoms with E-state index in [2.05, 4.69) is 10.1 Å². The highest BCUT2D eigenvalue weighted by atomic mass is 19.3. The number of halogens is 2. The second kappa shape index (κ2) is 10.5. The minimum atomic E-state index is -3.09. The zero-order valence-electron chi connectivity index (χ0n) is 16.9. The first kappa shape index (κ1) is 23.0. The number of nitrogens with one attached hydrogen (secondary N) is 1. The zero-order valence-corrected chi connectivity index (χ0v) is 16.9. The van der Waals surface area contributed by atoms with Crippen LogP contribution in [0.4, 0.5) is 20.2 Å². The van der Waals surface area contributed by atoms with Gasteiger partial charge in [0, 0.05) is 31.4 Å². The van der Waals surface area contributed by atoms with Crippen molar-refractivity contribution in [2.75, 3.05) is 50.1 Å². The Hall–Kier alpha value is -2.30. The number of anilines is 2. The Kier molecular flexibility index (Phi) is 8.30. The Labute approximate surface area is 168 Å². The number of morpholine rings is 1. The van der Waals surface area contributed by atoms with E-state index in [-0.39, 0.29) is 30.5 Å². The van der Waals surface area contributed by atoms with Gasteiger partial charge in [-0.15, -0.1) is 0 Å². The second-order valence-electron chi connectivity index (χ2n) is 7.23. The van der Waals surface area contributed by atoms with Crippen LogP contribution in [0.15, 0.2) is 18.2 Å². The lowest BCUT2D eigenvalue weighted by Crippen LogP contribution is -2.48. The smallest absolute Gasteiger partial charge is 0.387 e. The number of nitrogens with zero attached hydrogens (tertiary/aromatic N) is 2. The third kappa shape index (κ3) is 6.34. The van der Waals surface area contributed by atoms with E-state index >= 15 is 0 Å². The average molecular weight is 414 g/mol. The molecule has 1 heterocycles. The van der Waals surface area contributed by atoms with Crippen LogP contribution in [0.2, 0.25) is 0 Å².